The molecule has 0 bridgehead atoms. The van der Waals surface area contributed by atoms with Gasteiger partial charge >= 0.3 is 7.12 Å². The van der Waals surface area contributed by atoms with E-state index in [0.29, 0.717) is 5.57 Å². The van der Waals surface area contributed by atoms with Gasteiger partial charge in [0.25, 0.3) is 0 Å². The van der Waals surface area contributed by atoms with Crippen molar-refractivity contribution in [2.45, 2.75) is 58.3 Å². The van der Waals surface area contributed by atoms with E-state index in [1.54, 1.807) is 43.4 Å². The van der Waals surface area contributed by atoms with Gasteiger partial charge in [-0.05, 0) is 53.7 Å². The molecule has 3 rings (SSSR count). The van der Waals surface area contributed by atoms with Crippen molar-refractivity contribution in [3.63, 3.8) is 0 Å². The summed E-state index contributed by atoms with van der Waals surface area (Å²) in [4.78, 5) is 0.957. The van der Waals surface area contributed by atoms with E-state index in [2.05, 4.69) is 6.07 Å². The third-order valence-electron chi connectivity index (χ3n) is 5.61. The smallest absolute Gasteiger partial charge is 0.480 e. The maximum Gasteiger partial charge on any atom is 0.505 e. The topological polar surface area (TPSA) is 99.1 Å². The van der Waals surface area contributed by atoms with Crippen LogP contribution in [0.15, 0.2) is 40.7 Å². The zero-order chi connectivity index (χ0) is 22.3. The molecular formula is C22H22BN3O3S. The van der Waals surface area contributed by atoms with Gasteiger partial charge in [0.15, 0.2) is 11.3 Å². The van der Waals surface area contributed by atoms with Crippen molar-refractivity contribution in [3.05, 3.63) is 45.6 Å². The lowest BCUT2D eigenvalue weighted by atomic mass is 9.88. The van der Waals surface area contributed by atoms with Gasteiger partial charge in [-0.1, -0.05) is 12.1 Å². The van der Waals surface area contributed by atoms with Crippen LogP contribution in [0, 0.1) is 34.0 Å². The van der Waals surface area contributed by atoms with Crippen molar-refractivity contribution in [1.82, 2.24) is 0 Å². The van der Waals surface area contributed by atoms with Gasteiger partial charge in [-0.3, -0.25) is 0 Å². The highest BCUT2D eigenvalue weighted by molar-refractivity contribution is 7.23. The number of nitriles is 3. The molecule has 152 valence electrons. The minimum Gasteiger partial charge on any atom is -0.480 e. The first kappa shape index (κ1) is 21.9. The zero-order valence-electron chi connectivity index (χ0n) is 17.9. The van der Waals surface area contributed by atoms with Gasteiger partial charge < -0.3 is 14.0 Å². The number of nitrogens with zero attached hydrogens (tertiary/aromatic N) is 3. The first-order valence-corrected chi connectivity index (χ1v) is 10.3. The number of hydrogen-bond acceptors (Lipinski definition) is 7. The predicted octanol–water partition coefficient (Wildman–Crippen LogP) is 3.99. The minimum atomic E-state index is -0.832. The molecule has 0 aliphatic carbocycles. The highest BCUT2D eigenvalue weighted by Crippen LogP contribution is 2.41. The van der Waals surface area contributed by atoms with Crippen molar-refractivity contribution in [3.8, 4) is 18.2 Å². The Morgan fingerprint density at radius 3 is 2.10 bits per heavy atom. The molecule has 0 radical (unpaired) electrons. The second kappa shape index (κ2) is 7.45. The maximum absolute atomic E-state index is 9.62. The number of ether oxygens (including phenoxy) is 1. The summed E-state index contributed by atoms with van der Waals surface area (Å²) in [6.07, 6.45) is 3.69. The second-order valence-electron chi connectivity index (χ2n) is 8.60. The normalized spacial score (nSPS) is 21.3. The summed E-state index contributed by atoms with van der Waals surface area (Å²) in [5, 5.41) is 27.9. The summed E-state index contributed by atoms with van der Waals surface area (Å²) in [5.41, 5.74) is -1.02. The van der Waals surface area contributed by atoms with Gasteiger partial charge in [0.1, 0.15) is 29.4 Å². The number of allylic oxidation sites excluding steroid dienone is 2. The van der Waals surface area contributed by atoms with Crippen LogP contribution in [0.5, 0.6) is 0 Å². The fraction of sp³-hybridized carbons (Fsp3) is 0.409. The van der Waals surface area contributed by atoms with E-state index in [1.807, 2.05) is 45.9 Å². The van der Waals surface area contributed by atoms with E-state index in [-0.39, 0.29) is 16.9 Å². The summed E-state index contributed by atoms with van der Waals surface area (Å²) in [5.74, 6) is 0.0382. The number of rotatable bonds is 3. The standard InChI is InChI=1S/C22H22BN3O3S/c1-20(2)17(16(13-26)19(27-20)14(11-24)12-25)9-7-15-8-10-18(30-15)23-28-21(3,4)22(5,6)29-23/h7-10H,1-6H3/b9-7+. The zero-order valence-corrected chi connectivity index (χ0v) is 18.7. The van der Waals surface area contributed by atoms with E-state index in [9.17, 15) is 5.26 Å². The molecule has 0 atom stereocenters. The van der Waals surface area contributed by atoms with Crippen molar-refractivity contribution in [2.24, 2.45) is 0 Å². The molecule has 1 aromatic rings. The quantitative estimate of drug-likeness (QED) is 0.543. The molecule has 6 nitrogen and oxygen atoms in total. The molecule has 0 spiro atoms. The molecule has 30 heavy (non-hydrogen) atoms. The average Bonchev–Trinajstić information content (AvgIpc) is 3.27. The van der Waals surface area contributed by atoms with E-state index < -0.39 is 23.9 Å². The molecule has 1 saturated heterocycles. The first-order valence-electron chi connectivity index (χ1n) is 9.48. The van der Waals surface area contributed by atoms with E-state index in [4.69, 9.17) is 24.6 Å². The van der Waals surface area contributed by atoms with Gasteiger partial charge in [-0.15, -0.1) is 11.3 Å². The number of thiophene rings is 1. The first-order chi connectivity index (χ1) is 14.0. The largest absolute Gasteiger partial charge is 0.505 e. The monoisotopic (exact) mass is 419 g/mol. The fourth-order valence-corrected chi connectivity index (χ4v) is 4.06. The van der Waals surface area contributed by atoms with Crippen molar-refractivity contribution >= 4 is 29.3 Å². The Balaban J connectivity index is 1.91. The lowest BCUT2D eigenvalue weighted by molar-refractivity contribution is 0.00578. The Bertz CT molecular complexity index is 1070. The fourth-order valence-electron chi connectivity index (χ4n) is 3.19. The van der Waals surface area contributed by atoms with Crippen LogP contribution >= 0.6 is 11.3 Å². The lowest BCUT2D eigenvalue weighted by Gasteiger charge is -2.32. The van der Waals surface area contributed by atoms with Crippen LogP contribution in [0.2, 0.25) is 0 Å². The SMILES string of the molecule is CC1(C)OC(=C(C#N)C#N)C(C#N)=C1/C=C/c1ccc(B2OC(C)(C)C(C)(C)O2)s1. The van der Waals surface area contributed by atoms with Crippen LogP contribution in [0.3, 0.4) is 0 Å². The van der Waals surface area contributed by atoms with Crippen LogP contribution < -0.4 is 4.78 Å². The molecule has 8 heteroatoms. The summed E-state index contributed by atoms with van der Waals surface area (Å²) in [7, 11) is -0.425. The molecule has 0 N–H and O–H groups in total. The highest BCUT2D eigenvalue weighted by atomic mass is 32.1. The van der Waals surface area contributed by atoms with Crippen LogP contribution in [0.4, 0.5) is 0 Å². The molecule has 1 fully saturated rings. The molecule has 2 aliphatic heterocycles. The molecule has 0 saturated carbocycles. The molecule has 2 aliphatic rings. The average molecular weight is 419 g/mol. The third-order valence-corrected chi connectivity index (χ3v) is 6.68. The molecule has 0 aromatic carbocycles. The Labute approximate surface area is 181 Å². The summed E-state index contributed by atoms with van der Waals surface area (Å²) in [6.45, 7) is 11.7. The van der Waals surface area contributed by atoms with Gasteiger partial charge in [-0.2, -0.15) is 15.8 Å². The van der Waals surface area contributed by atoms with Crippen LogP contribution in [-0.4, -0.2) is 23.9 Å². The van der Waals surface area contributed by atoms with Crippen LogP contribution in [-0.2, 0) is 14.0 Å². The highest BCUT2D eigenvalue weighted by Gasteiger charge is 2.52. The summed E-state index contributed by atoms with van der Waals surface area (Å²) in [6, 6.07) is 9.60. The Hall–Kier alpha value is -2.83. The Morgan fingerprint density at radius 1 is 0.967 bits per heavy atom. The van der Waals surface area contributed by atoms with Gasteiger partial charge in [0, 0.05) is 15.2 Å². The van der Waals surface area contributed by atoms with Crippen LogP contribution in [0.1, 0.15) is 46.4 Å². The number of hydrogen-bond donors (Lipinski definition) is 0. The van der Waals surface area contributed by atoms with Crippen LogP contribution in [0.25, 0.3) is 6.08 Å². The predicted molar refractivity (Wildman–Crippen MR) is 115 cm³/mol. The Morgan fingerprint density at radius 2 is 1.57 bits per heavy atom. The third kappa shape index (κ3) is 3.69. The van der Waals surface area contributed by atoms with Crippen molar-refractivity contribution in [2.75, 3.05) is 0 Å². The van der Waals surface area contributed by atoms with E-state index in [0.717, 1.165) is 9.65 Å². The molecule has 3 heterocycles. The van der Waals surface area contributed by atoms with E-state index >= 15 is 0 Å². The Kier molecular flexibility index (Phi) is 5.43. The second-order valence-corrected chi connectivity index (χ2v) is 9.75. The van der Waals surface area contributed by atoms with Gasteiger partial charge in [0.2, 0.25) is 0 Å². The molecular weight excluding hydrogens is 397 g/mol. The van der Waals surface area contributed by atoms with Gasteiger partial charge in [0.05, 0.1) is 11.2 Å². The maximum atomic E-state index is 9.62. The van der Waals surface area contributed by atoms with Gasteiger partial charge in [-0.25, -0.2) is 0 Å². The van der Waals surface area contributed by atoms with E-state index in [1.165, 1.54) is 0 Å². The summed E-state index contributed by atoms with van der Waals surface area (Å²) >= 11 is 1.54. The molecule has 0 amide bonds. The lowest BCUT2D eigenvalue weighted by Crippen LogP contribution is -2.41. The summed E-state index contributed by atoms with van der Waals surface area (Å²) < 4.78 is 18.9. The molecule has 0 unspecified atom stereocenters. The van der Waals surface area contributed by atoms with Crippen molar-refractivity contribution < 1.29 is 14.0 Å². The van der Waals surface area contributed by atoms with Crippen molar-refractivity contribution in [1.29, 1.82) is 15.8 Å². The molecule has 1 aromatic heterocycles. The minimum absolute atomic E-state index is 0.0382.